The summed E-state index contributed by atoms with van der Waals surface area (Å²) in [4.78, 5) is 2.67. The maximum atomic E-state index is 9.11. The van der Waals surface area contributed by atoms with Gasteiger partial charge in [-0.25, -0.2) is 0 Å². The lowest BCUT2D eigenvalue weighted by Crippen LogP contribution is -2.44. The zero-order valence-corrected chi connectivity index (χ0v) is 14.5. The van der Waals surface area contributed by atoms with Crippen LogP contribution in [0.5, 0.6) is 0 Å². The molecule has 1 aliphatic heterocycles. The molecule has 0 amide bonds. The molecule has 0 saturated carbocycles. The van der Waals surface area contributed by atoms with Gasteiger partial charge >= 0.3 is 0 Å². The first-order chi connectivity index (χ1) is 11.9. The number of likely N-dealkylation sites (tertiary alicyclic amines) is 1. The number of aliphatic hydroxyl groups is 1. The zero-order chi connectivity index (χ0) is 16.6. The number of hydrogen-bond acceptors (Lipinski definition) is 2. The summed E-state index contributed by atoms with van der Waals surface area (Å²) in [6.07, 6.45) is 5.87. The van der Waals surface area contributed by atoms with E-state index in [2.05, 4.69) is 65.6 Å². The normalized spacial score (nSPS) is 18.8. The maximum Gasteiger partial charge on any atom is 0.0431 e. The molecule has 1 heterocycles. The van der Waals surface area contributed by atoms with E-state index in [1.807, 2.05) is 0 Å². The van der Waals surface area contributed by atoms with Crippen LogP contribution in [0.25, 0.3) is 0 Å². The lowest BCUT2D eigenvalue weighted by atomic mass is 9.80. The highest BCUT2D eigenvalue weighted by molar-refractivity contribution is 5.34. The fourth-order valence-corrected chi connectivity index (χ4v) is 4.06. The highest BCUT2D eigenvalue weighted by Crippen LogP contribution is 2.35. The topological polar surface area (TPSA) is 23.5 Å². The van der Waals surface area contributed by atoms with E-state index in [-0.39, 0.29) is 0 Å². The Kier molecular flexibility index (Phi) is 6.45. The molecule has 2 aromatic rings. The Balaban J connectivity index is 1.88. The van der Waals surface area contributed by atoms with Gasteiger partial charge in [0.25, 0.3) is 0 Å². The Morgan fingerprint density at radius 3 is 2.08 bits per heavy atom. The van der Waals surface area contributed by atoms with Gasteiger partial charge in [0.2, 0.25) is 0 Å². The molecule has 1 fully saturated rings. The summed E-state index contributed by atoms with van der Waals surface area (Å²) in [5, 5.41) is 9.11. The van der Waals surface area contributed by atoms with Crippen molar-refractivity contribution < 1.29 is 5.11 Å². The first-order valence-corrected chi connectivity index (χ1v) is 9.35. The lowest BCUT2D eigenvalue weighted by Gasteiger charge is -2.41. The summed E-state index contributed by atoms with van der Waals surface area (Å²) < 4.78 is 0. The van der Waals surface area contributed by atoms with Crippen LogP contribution < -0.4 is 0 Å². The minimum absolute atomic E-state index is 0.305. The minimum atomic E-state index is 0.305. The number of benzene rings is 2. The highest BCUT2D eigenvalue weighted by atomic mass is 16.2. The van der Waals surface area contributed by atoms with Crippen molar-refractivity contribution in [1.29, 1.82) is 0 Å². The number of piperidine rings is 1. The maximum absolute atomic E-state index is 9.11. The fourth-order valence-electron chi connectivity index (χ4n) is 4.06. The molecule has 0 aromatic heterocycles. The predicted molar refractivity (Wildman–Crippen MR) is 100 cm³/mol. The lowest BCUT2D eigenvalue weighted by molar-refractivity contribution is 0.129. The van der Waals surface area contributed by atoms with Crippen molar-refractivity contribution in [2.45, 2.75) is 44.1 Å². The van der Waals surface area contributed by atoms with Crippen molar-refractivity contribution in [1.82, 2.24) is 4.90 Å². The van der Waals surface area contributed by atoms with E-state index in [1.165, 1.54) is 36.9 Å². The molecule has 128 valence electrons. The number of nitrogens with zero attached hydrogens (tertiary/aromatic N) is 1. The fraction of sp³-hybridized carbons (Fsp3) is 0.455. The van der Waals surface area contributed by atoms with E-state index in [4.69, 9.17) is 5.11 Å². The first-order valence-electron chi connectivity index (χ1n) is 9.35. The van der Waals surface area contributed by atoms with E-state index in [9.17, 15) is 0 Å². The second-order valence-electron chi connectivity index (χ2n) is 6.83. The minimum Gasteiger partial charge on any atom is -0.396 e. The van der Waals surface area contributed by atoms with Gasteiger partial charge in [-0.1, -0.05) is 67.1 Å². The van der Waals surface area contributed by atoms with Crippen LogP contribution in [-0.4, -0.2) is 35.7 Å². The third kappa shape index (κ3) is 4.25. The van der Waals surface area contributed by atoms with Gasteiger partial charge in [-0.15, -0.1) is 0 Å². The van der Waals surface area contributed by atoms with Gasteiger partial charge < -0.3 is 5.11 Å². The van der Waals surface area contributed by atoms with Gasteiger partial charge in [-0.05, 0) is 49.9 Å². The van der Waals surface area contributed by atoms with Crippen LogP contribution in [0.2, 0.25) is 0 Å². The Hall–Kier alpha value is -1.64. The van der Waals surface area contributed by atoms with Crippen LogP contribution in [0, 0.1) is 0 Å². The Bertz CT molecular complexity index is 544. The van der Waals surface area contributed by atoms with Gasteiger partial charge in [0.1, 0.15) is 0 Å². The number of rotatable bonds is 7. The van der Waals surface area contributed by atoms with Crippen LogP contribution in [-0.2, 0) is 0 Å². The average molecular weight is 323 g/mol. The van der Waals surface area contributed by atoms with E-state index in [0.717, 1.165) is 19.4 Å². The first kappa shape index (κ1) is 17.2. The standard InChI is InChI=1S/C22H29NO/c24-18-10-9-17-23-16-8-7-15-21(23)22(19-11-3-1-4-12-19)20-13-5-2-6-14-20/h1-6,11-14,21-22,24H,7-10,15-18H2. The SMILES string of the molecule is OCCCCN1CCCCC1C(c1ccccc1)c1ccccc1. The van der Waals surface area contributed by atoms with Crippen LogP contribution in [0.3, 0.4) is 0 Å². The van der Waals surface area contributed by atoms with Crippen molar-refractivity contribution in [3.05, 3.63) is 71.8 Å². The number of hydrogen-bond donors (Lipinski definition) is 1. The van der Waals surface area contributed by atoms with Crippen molar-refractivity contribution in [2.75, 3.05) is 19.7 Å². The van der Waals surface area contributed by atoms with Gasteiger partial charge in [-0.3, -0.25) is 4.90 Å². The van der Waals surface area contributed by atoms with Crippen LogP contribution >= 0.6 is 0 Å². The van der Waals surface area contributed by atoms with Crippen molar-refractivity contribution in [3.8, 4) is 0 Å². The smallest absolute Gasteiger partial charge is 0.0431 e. The van der Waals surface area contributed by atoms with Gasteiger partial charge in [0.15, 0.2) is 0 Å². The molecular formula is C22H29NO. The molecule has 0 bridgehead atoms. The molecule has 2 heteroatoms. The third-order valence-corrected chi connectivity index (χ3v) is 5.22. The second-order valence-corrected chi connectivity index (χ2v) is 6.83. The predicted octanol–water partition coefficient (Wildman–Crippen LogP) is 4.45. The molecule has 0 spiro atoms. The van der Waals surface area contributed by atoms with Crippen molar-refractivity contribution in [2.24, 2.45) is 0 Å². The molecule has 24 heavy (non-hydrogen) atoms. The summed E-state index contributed by atoms with van der Waals surface area (Å²) in [7, 11) is 0. The van der Waals surface area contributed by atoms with Crippen LogP contribution in [0.1, 0.15) is 49.1 Å². The van der Waals surface area contributed by atoms with E-state index in [0.29, 0.717) is 18.6 Å². The summed E-state index contributed by atoms with van der Waals surface area (Å²) in [6.45, 7) is 2.59. The quantitative estimate of drug-likeness (QED) is 0.761. The highest BCUT2D eigenvalue weighted by Gasteiger charge is 2.31. The van der Waals surface area contributed by atoms with Crippen LogP contribution in [0.15, 0.2) is 60.7 Å². The second kappa shape index (κ2) is 9.00. The molecule has 3 rings (SSSR count). The monoisotopic (exact) mass is 323 g/mol. The summed E-state index contributed by atoms with van der Waals surface area (Å²) >= 11 is 0. The molecule has 2 nitrogen and oxygen atoms in total. The average Bonchev–Trinajstić information content (AvgIpc) is 2.65. The Labute approximate surface area is 146 Å². The molecule has 0 aliphatic carbocycles. The van der Waals surface area contributed by atoms with Crippen LogP contribution in [0.4, 0.5) is 0 Å². The van der Waals surface area contributed by atoms with E-state index in [1.54, 1.807) is 0 Å². The van der Waals surface area contributed by atoms with Gasteiger partial charge in [0, 0.05) is 18.6 Å². The summed E-state index contributed by atoms with van der Waals surface area (Å²) in [5.41, 5.74) is 2.84. The molecule has 0 radical (unpaired) electrons. The molecule has 1 N–H and O–H groups in total. The summed E-state index contributed by atoms with van der Waals surface area (Å²) in [6, 6.07) is 22.5. The van der Waals surface area contributed by atoms with Gasteiger partial charge in [-0.2, -0.15) is 0 Å². The van der Waals surface area contributed by atoms with E-state index < -0.39 is 0 Å². The zero-order valence-electron chi connectivity index (χ0n) is 14.5. The molecule has 1 unspecified atom stereocenters. The Morgan fingerprint density at radius 1 is 0.875 bits per heavy atom. The number of aliphatic hydroxyl groups excluding tert-OH is 1. The number of unbranched alkanes of at least 4 members (excludes halogenated alkanes) is 1. The molecule has 1 saturated heterocycles. The summed E-state index contributed by atoms with van der Waals surface area (Å²) in [5.74, 6) is 0.432. The van der Waals surface area contributed by atoms with Gasteiger partial charge in [0.05, 0.1) is 0 Å². The molecule has 2 aromatic carbocycles. The molecular weight excluding hydrogens is 294 g/mol. The third-order valence-electron chi connectivity index (χ3n) is 5.22. The molecule has 1 atom stereocenters. The van der Waals surface area contributed by atoms with Crippen molar-refractivity contribution in [3.63, 3.8) is 0 Å². The Morgan fingerprint density at radius 2 is 1.50 bits per heavy atom. The van der Waals surface area contributed by atoms with Crippen molar-refractivity contribution >= 4 is 0 Å². The molecule has 1 aliphatic rings. The van der Waals surface area contributed by atoms with E-state index >= 15 is 0 Å². The largest absolute Gasteiger partial charge is 0.396 e.